The van der Waals surface area contributed by atoms with Gasteiger partial charge in [-0.1, -0.05) is 5.92 Å². The number of hydrogen-bond donors (Lipinski definition) is 4. The second kappa shape index (κ2) is 10.2. The van der Waals surface area contributed by atoms with E-state index in [1.54, 1.807) is 6.92 Å². The van der Waals surface area contributed by atoms with Gasteiger partial charge in [0, 0.05) is 6.54 Å². The van der Waals surface area contributed by atoms with E-state index in [9.17, 15) is 19.8 Å². The molecule has 1 saturated heterocycles. The van der Waals surface area contributed by atoms with E-state index in [1.807, 2.05) is 0 Å². The summed E-state index contributed by atoms with van der Waals surface area (Å²) < 4.78 is 11.7. The average Bonchev–Trinajstić information content (AvgIpc) is 3.40. The number of aliphatic hydroxyl groups excluding tert-OH is 2. The number of anilines is 1. The van der Waals surface area contributed by atoms with E-state index in [-0.39, 0.29) is 40.5 Å². The molecule has 5 N–H and O–H groups in total. The van der Waals surface area contributed by atoms with E-state index in [0.29, 0.717) is 25.9 Å². The number of piperidine rings is 1. The van der Waals surface area contributed by atoms with E-state index >= 15 is 0 Å². The SMILES string of the molecule is CCNC(=O)C1=C(O)C(O)[C@H](n2cnc3c(N)nc(C#CCN4CCC(C(=O)OC)CC4)nc32)O1. The Kier molecular flexibility index (Phi) is 7.04. The third kappa shape index (κ3) is 4.84. The zero-order chi connectivity index (χ0) is 25.1. The highest BCUT2D eigenvalue weighted by atomic mass is 16.5. The van der Waals surface area contributed by atoms with E-state index in [4.69, 9.17) is 15.2 Å². The predicted molar refractivity (Wildman–Crippen MR) is 122 cm³/mol. The zero-order valence-electron chi connectivity index (χ0n) is 19.4. The minimum absolute atomic E-state index is 0.0781. The molecule has 2 aromatic heterocycles. The molecule has 2 aromatic rings. The lowest BCUT2D eigenvalue weighted by Crippen LogP contribution is -2.36. The summed E-state index contributed by atoms with van der Waals surface area (Å²) in [5.41, 5.74) is 6.54. The van der Waals surface area contributed by atoms with Gasteiger partial charge in [0.15, 0.2) is 23.3 Å². The number of ether oxygens (including phenoxy) is 2. The third-order valence-corrected chi connectivity index (χ3v) is 5.91. The molecule has 186 valence electrons. The maximum Gasteiger partial charge on any atom is 0.308 e. The number of hydrogen-bond acceptors (Lipinski definition) is 11. The topological polar surface area (TPSA) is 178 Å². The lowest BCUT2D eigenvalue weighted by atomic mass is 9.97. The van der Waals surface area contributed by atoms with Gasteiger partial charge in [-0.2, -0.15) is 0 Å². The number of nitrogens with two attached hydrogens (primary N) is 1. The zero-order valence-corrected chi connectivity index (χ0v) is 19.4. The first-order valence-corrected chi connectivity index (χ1v) is 11.2. The van der Waals surface area contributed by atoms with Crippen molar-refractivity contribution in [1.82, 2.24) is 29.7 Å². The Labute approximate surface area is 200 Å². The first-order chi connectivity index (χ1) is 16.8. The van der Waals surface area contributed by atoms with E-state index in [1.165, 1.54) is 18.0 Å². The summed E-state index contributed by atoms with van der Waals surface area (Å²) in [7, 11) is 1.40. The Morgan fingerprint density at radius 3 is 2.77 bits per heavy atom. The van der Waals surface area contributed by atoms with Crippen LogP contribution >= 0.6 is 0 Å². The lowest BCUT2D eigenvalue weighted by molar-refractivity contribution is -0.147. The monoisotopic (exact) mass is 485 g/mol. The Morgan fingerprint density at radius 1 is 1.34 bits per heavy atom. The standard InChI is InChI=1S/C22H27N7O6/c1-3-24-20(32)17-15(30)16(31)21(35-17)29-11-25-14-18(23)26-13(27-19(14)29)5-4-8-28-9-6-12(7-10-28)22(33)34-2/h11-12,16,21,30-31H,3,6-10H2,1-2H3,(H,24,32)(H2,23,26,27)/t16?,21-/m1/s1. The highest BCUT2D eigenvalue weighted by Gasteiger charge is 2.41. The number of rotatable bonds is 5. The molecule has 0 aliphatic carbocycles. The number of nitrogens with zero attached hydrogens (tertiary/aromatic N) is 5. The van der Waals surface area contributed by atoms with Gasteiger partial charge in [-0.3, -0.25) is 19.1 Å². The molecule has 2 aliphatic heterocycles. The number of imidazole rings is 1. The molecule has 4 heterocycles. The van der Waals surface area contributed by atoms with Gasteiger partial charge in [-0.15, -0.1) is 0 Å². The number of carbonyl (C=O) groups is 2. The molecule has 13 nitrogen and oxygen atoms in total. The maximum atomic E-state index is 12.1. The van der Waals surface area contributed by atoms with E-state index in [2.05, 4.69) is 37.0 Å². The van der Waals surface area contributed by atoms with Gasteiger partial charge in [0.05, 0.1) is 19.6 Å². The molecule has 1 amide bonds. The first-order valence-electron chi connectivity index (χ1n) is 11.2. The number of methoxy groups -OCH3 is 1. The first kappa shape index (κ1) is 24.2. The summed E-state index contributed by atoms with van der Waals surface area (Å²) in [5, 5.41) is 23.2. The quantitative estimate of drug-likeness (QED) is 0.315. The summed E-state index contributed by atoms with van der Waals surface area (Å²) in [4.78, 5) is 38.7. The second-order valence-corrected chi connectivity index (χ2v) is 8.16. The third-order valence-electron chi connectivity index (χ3n) is 5.91. The molecular formula is C22H27N7O6. The van der Waals surface area contributed by atoms with Crippen LogP contribution in [-0.2, 0) is 19.1 Å². The van der Waals surface area contributed by atoms with Gasteiger partial charge in [-0.25, -0.2) is 15.0 Å². The van der Waals surface area contributed by atoms with Crippen molar-refractivity contribution < 1.29 is 29.3 Å². The molecule has 0 aromatic carbocycles. The number of esters is 1. The van der Waals surface area contributed by atoms with Crippen molar-refractivity contribution in [1.29, 1.82) is 0 Å². The number of carbonyl (C=O) groups excluding carboxylic acids is 2. The summed E-state index contributed by atoms with van der Waals surface area (Å²) in [6, 6.07) is 0. The summed E-state index contributed by atoms with van der Waals surface area (Å²) in [5.74, 6) is 4.29. The number of aromatic nitrogens is 4. The Bertz CT molecular complexity index is 1220. The largest absolute Gasteiger partial charge is 0.506 e. The van der Waals surface area contributed by atoms with Crippen molar-refractivity contribution in [2.24, 2.45) is 5.92 Å². The molecule has 2 aliphatic rings. The van der Waals surface area contributed by atoms with Crippen LogP contribution in [0.5, 0.6) is 0 Å². The molecule has 0 saturated carbocycles. The number of nitrogen functional groups attached to an aromatic ring is 1. The maximum absolute atomic E-state index is 12.1. The number of likely N-dealkylation sites (tertiary alicyclic amines) is 1. The fraction of sp³-hybridized carbons (Fsp3) is 0.500. The molecule has 0 spiro atoms. The van der Waals surface area contributed by atoms with Crippen molar-refractivity contribution in [3.63, 3.8) is 0 Å². The molecule has 13 heteroatoms. The minimum atomic E-state index is -1.51. The van der Waals surface area contributed by atoms with E-state index < -0.39 is 24.0 Å². The Hall–Kier alpha value is -3.89. The van der Waals surface area contributed by atoms with Crippen LogP contribution in [0.2, 0.25) is 0 Å². The average molecular weight is 486 g/mol. The summed E-state index contributed by atoms with van der Waals surface area (Å²) in [6.45, 7) is 3.96. The second-order valence-electron chi connectivity index (χ2n) is 8.16. The normalized spacial score (nSPS) is 20.9. The number of amides is 1. The van der Waals surface area contributed by atoms with Crippen LogP contribution in [0, 0.1) is 17.8 Å². The lowest BCUT2D eigenvalue weighted by Gasteiger charge is -2.28. The Balaban J connectivity index is 1.50. The van der Waals surface area contributed by atoms with Gasteiger partial charge in [0.2, 0.25) is 17.8 Å². The molecule has 0 bridgehead atoms. The van der Waals surface area contributed by atoms with Crippen LogP contribution in [0.25, 0.3) is 11.2 Å². The minimum Gasteiger partial charge on any atom is -0.506 e. The molecule has 0 radical (unpaired) electrons. The fourth-order valence-corrected chi connectivity index (χ4v) is 4.04. The van der Waals surface area contributed by atoms with Gasteiger partial charge in [0.1, 0.15) is 11.8 Å². The van der Waals surface area contributed by atoms with Crippen LogP contribution in [0.1, 0.15) is 31.8 Å². The molecule has 2 atom stereocenters. The van der Waals surface area contributed by atoms with Crippen molar-refractivity contribution in [2.45, 2.75) is 32.1 Å². The van der Waals surface area contributed by atoms with Gasteiger partial charge in [-0.05, 0) is 38.8 Å². The molecule has 1 unspecified atom stereocenters. The number of aliphatic hydroxyl groups is 2. The summed E-state index contributed by atoms with van der Waals surface area (Å²) >= 11 is 0. The van der Waals surface area contributed by atoms with Crippen molar-refractivity contribution in [3.8, 4) is 11.8 Å². The van der Waals surface area contributed by atoms with Gasteiger partial charge >= 0.3 is 5.97 Å². The number of fused-ring (bicyclic) bond motifs is 1. The van der Waals surface area contributed by atoms with Crippen LogP contribution in [0.3, 0.4) is 0 Å². The van der Waals surface area contributed by atoms with Crippen molar-refractivity contribution in [3.05, 3.63) is 23.7 Å². The molecule has 4 rings (SSSR count). The summed E-state index contributed by atoms with van der Waals surface area (Å²) in [6.07, 6.45) is 0.0742. The van der Waals surface area contributed by atoms with Crippen LogP contribution in [0.15, 0.2) is 17.8 Å². The van der Waals surface area contributed by atoms with Crippen LogP contribution in [-0.4, -0.2) is 85.9 Å². The van der Waals surface area contributed by atoms with Crippen LogP contribution < -0.4 is 11.1 Å². The number of nitrogens with one attached hydrogen (secondary N) is 1. The van der Waals surface area contributed by atoms with Crippen molar-refractivity contribution in [2.75, 3.05) is 39.0 Å². The number of likely N-dealkylation sites (N-methyl/N-ethyl adjacent to an activating group) is 1. The van der Waals surface area contributed by atoms with E-state index in [0.717, 1.165) is 13.1 Å². The molecule has 35 heavy (non-hydrogen) atoms. The van der Waals surface area contributed by atoms with Crippen LogP contribution in [0.4, 0.5) is 5.82 Å². The Morgan fingerprint density at radius 2 is 2.09 bits per heavy atom. The molecular weight excluding hydrogens is 458 g/mol. The molecule has 1 fully saturated rings. The fourth-order valence-electron chi connectivity index (χ4n) is 4.04. The van der Waals surface area contributed by atoms with Gasteiger partial charge < -0.3 is 30.7 Å². The highest BCUT2D eigenvalue weighted by molar-refractivity contribution is 5.92. The smallest absolute Gasteiger partial charge is 0.308 e. The highest BCUT2D eigenvalue weighted by Crippen LogP contribution is 2.33. The predicted octanol–water partition coefficient (Wildman–Crippen LogP) is -0.560. The van der Waals surface area contributed by atoms with Gasteiger partial charge in [0.25, 0.3) is 5.91 Å². The van der Waals surface area contributed by atoms with Crippen molar-refractivity contribution >= 4 is 28.9 Å².